The number of carboxylic acids is 1. The van der Waals surface area contributed by atoms with E-state index in [2.05, 4.69) is 22.4 Å². The molecule has 0 aromatic carbocycles. The molecule has 90 valence electrons. The van der Waals surface area contributed by atoms with Gasteiger partial charge in [-0.3, -0.25) is 4.79 Å². The summed E-state index contributed by atoms with van der Waals surface area (Å²) in [6, 6.07) is -0.228. The van der Waals surface area contributed by atoms with Gasteiger partial charge >= 0.3 is 5.97 Å². The minimum Gasteiger partial charge on any atom is -0.481 e. The Labute approximate surface area is 94.7 Å². The highest BCUT2D eigenvalue weighted by Crippen LogP contribution is 2.26. The third-order valence-corrected chi connectivity index (χ3v) is 2.87. The van der Waals surface area contributed by atoms with Crippen LogP contribution in [0.5, 0.6) is 0 Å². The van der Waals surface area contributed by atoms with Gasteiger partial charge in [-0.25, -0.2) is 4.68 Å². The summed E-state index contributed by atoms with van der Waals surface area (Å²) < 4.78 is 1.61. The highest BCUT2D eigenvalue weighted by Gasteiger charge is 2.27. The Morgan fingerprint density at radius 1 is 1.56 bits per heavy atom. The van der Waals surface area contributed by atoms with Gasteiger partial charge < -0.3 is 5.11 Å². The van der Waals surface area contributed by atoms with E-state index in [4.69, 9.17) is 5.11 Å². The molecule has 1 aromatic heterocycles. The van der Waals surface area contributed by atoms with Gasteiger partial charge in [0.25, 0.3) is 0 Å². The Bertz CT molecular complexity index is 373. The lowest BCUT2D eigenvalue weighted by Crippen LogP contribution is -2.25. The van der Waals surface area contributed by atoms with Crippen molar-refractivity contribution in [3.8, 4) is 0 Å². The fourth-order valence-electron chi connectivity index (χ4n) is 1.43. The van der Waals surface area contributed by atoms with Gasteiger partial charge in [-0.15, -0.1) is 5.10 Å². The van der Waals surface area contributed by atoms with Gasteiger partial charge in [0.05, 0.1) is 12.5 Å². The first-order valence-electron chi connectivity index (χ1n) is 5.38. The zero-order valence-corrected chi connectivity index (χ0v) is 10.1. The van der Waals surface area contributed by atoms with E-state index in [0.717, 1.165) is 12.2 Å². The molecule has 6 nitrogen and oxygen atoms in total. The molecular formula is C10H18N4O2. The van der Waals surface area contributed by atoms with Gasteiger partial charge in [-0.2, -0.15) is 0 Å². The molecule has 1 heterocycles. The normalized spacial score (nSPS) is 13.8. The fourth-order valence-corrected chi connectivity index (χ4v) is 1.43. The molecule has 0 spiro atoms. The molecule has 0 bridgehead atoms. The lowest BCUT2D eigenvalue weighted by Gasteiger charge is -2.23. The molecular weight excluding hydrogens is 208 g/mol. The van der Waals surface area contributed by atoms with E-state index in [9.17, 15) is 4.79 Å². The van der Waals surface area contributed by atoms with E-state index in [1.165, 1.54) is 0 Å². The minimum absolute atomic E-state index is 0.0256. The Kier molecular flexibility index (Phi) is 3.62. The molecule has 0 amide bonds. The third kappa shape index (κ3) is 2.56. The van der Waals surface area contributed by atoms with Gasteiger partial charge in [0.15, 0.2) is 5.82 Å². The zero-order valence-electron chi connectivity index (χ0n) is 10.1. The highest BCUT2D eigenvalue weighted by molar-refractivity contribution is 5.67. The van der Waals surface area contributed by atoms with E-state index in [0.29, 0.717) is 0 Å². The second-order valence-corrected chi connectivity index (χ2v) is 4.63. The lowest BCUT2D eigenvalue weighted by atomic mass is 9.89. The van der Waals surface area contributed by atoms with Crippen LogP contribution in [0.3, 0.4) is 0 Å². The van der Waals surface area contributed by atoms with Gasteiger partial charge in [0.1, 0.15) is 0 Å². The number of nitrogens with zero attached hydrogens (tertiary/aromatic N) is 4. The molecule has 0 saturated carbocycles. The SMILES string of the molecule is CCC(C)(C)c1nnnn1C(C)CC(=O)O. The van der Waals surface area contributed by atoms with Gasteiger partial charge in [0.2, 0.25) is 0 Å². The third-order valence-electron chi connectivity index (χ3n) is 2.87. The summed E-state index contributed by atoms with van der Waals surface area (Å²) in [5.41, 5.74) is -0.143. The van der Waals surface area contributed by atoms with E-state index in [1.54, 1.807) is 11.6 Å². The summed E-state index contributed by atoms with van der Waals surface area (Å²) in [4.78, 5) is 10.7. The van der Waals surface area contributed by atoms with Crippen LogP contribution in [0.2, 0.25) is 0 Å². The maximum absolute atomic E-state index is 10.7. The fraction of sp³-hybridized carbons (Fsp3) is 0.800. The lowest BCUT2D eigenvalue weighted by molar-refractivity contribution is -0.137. The molecule has 0 radical (unpaired) electrons. The van der Waals surface area contributed by atoms with Gasteiger partial charge in [-0.05, 0) is 23.8 Å². The average Bonchev–Trinajstić information content (AvgIpc) is 2.65. The molecule has 0 aliphatic rings. The van der Waals surface area contributed by atoms with Crippen molar-refractivity contribution in [2.75, 3.05) is 0 Å². The second kappa shape index (κ2) is 4.59. The molecule has 0 aliphatic carbocycles. The van der Waals surface area contributed by atoms with Crippen molar-refractivity contribution in [3.63, 3.8) is 0 Å². The van der Waals surface area contributed by atoms with Crippen LogP contribution in [-0.2, 0) is 10.2 Å². The standard InChI is InChI=1S/C10H18N4O2/c1-5-10(3,4)9-11-12-13-14(9)7(2)6-8(15)16/h7H,5-6H2,1-4H3,(H,15,16). The number of rotatable bonds is 5. The average molecular weight is 226 g/mol. The summed E-state index contributed by atoms with van der Waals surface area (Å²) in [7, 11) is 0. The number of carbonyl (C=O) groups is 1. The Hall–Kier alpha value is -1.46. The number of hydrogen-bond acceptors (Lipinski definition) is 4. The van der Waals surface area contributed by atoms with Crippen LogP contribution in [0, 0.1) is 0 Å². The monoisotopic (exact) mass is 226 g/mol. The molecule has 1 unspecified atom stereocenters. The maximum atomic E-state index is 10.7. The quantitative estimate of drug-likeness (QED) is 0.820. The number of aliphatic carboxylic acids is 1. The van der Waals surface area contributed by atoms with E-state index in [-0.39, 0.29) is 17.9 Å². The van der Waals surface area contributed by atoms with Crippen molar-refractivity contribution in [1.82, 2.24) is 20.2 Å². The molecule has 0 saturated heterocycles. The zero-order chi connectivity index (χ0) is 12.3. The van der Waals surface area contributed by atoms with Gasteiger partial charge in [-0.1, -0.05) is 20.8 Å². The largest absolute Gasteiger partial charge is 0.481 e. The van der Waals surface area contributed by atoms with Crippen molar-refractivity contribution in [2.24, 2.45) is 0 Å². The van der Waals surface area contributed by atoms with Crippen LogP contribution in [0.15, 0.2) is 0 Å². The summed E-state index contributed by atoms with van der Waals surface area (Å²) in [6.45, 7) is 7.95. The number of hydrogen-bond donors (Lipinski definition) is 1. The van der Waals surface area contributed by atoms with E-state index in [1.807, 2.05) is 13.8 Å². The highest BCUT2D eigenvalue weighted by atomic mass is 16.4. The van der Waals surface area contributed by atoms with Gasteiger partial charge in [0, 0.05) is 5.41 Å². The predicted octanol–water partition coefficient (Wildman–Crippen LogP) is 1.40. The Balaban J connectivity index is 2.98. The van der Waals surface area contributed by atoms with Crippen LogP contribution in [0.1, 0.15) is 52.4 Å². The second-order valence-electron chi connectivity index (χ2n) is 4.63. The van der Waals surface area contributed by atoms with Crippen LogP contribution in [-0.4, -0.2) is 31.3 Å². The Morgan fingerprint density at radius 3 is 2.69 bits per heavy atom. The first kappa shape index (κ1) is 12.6. The van der Waals surface area contributed by atoms with Crippen LogP contribution in [0.4, 0.5) is 0 Å². The number of aromatic nitrogens is 4. The summed E-state index contributed by atoms with van der Waals surface area (Å²) in [5, 5.41) is 20.3. The summed E-state index contributed by atoms with van der Waals surface area (Å²) >= 11 is 0. The predicted molar refractivity (Wildman–Crippen MR) is 58.1 cm³/mol. The van der Waals surface area contributed by atoms with Crippen molar-refractivity contribution < 1.29 is 9.90 Å². The van der Waals surface area contributed by atoms with Crippen LogP contribution >= 0.6 is 0 Å². The Morgan fingerprint density at radius 2 is 2.19 bits per heavy atom. The van der Waals surface area contributed by atoms with Crippen LogP contribution in [0.25, 0.3) is 0 Å². The van der Waals surface area contributed by atoms with Crippen LogP contribution < -0.4 is 0 Å². The molecule has 1 N–H and O–H groups in total. The maximum Gasteiger partial charge on any atom is 0.305 e. The molecule has 6 heteroatoms. The molecule has 1 rings (SSSR count). The number of carboxylic acid groups (broad SMARTS) is 1. The first-order valence-corrected chi connectivity index (χ1v) is 5.38. The summed E-state index contributed by atoms with van der Waals surface area (Å²) in [6.07, 6.45) is 0.922. The molecule has 1 aromatic rings. The van der Waals surface area contributed by atoms with E-state index < -0.39 is 5.97 Å². The first-order chi connectivity index (χ1) is 7.38. The smallest absolute Gasteiger partial charge is 0.305 e. The van der Waals surface area contributed by atoms with Crippen molar-refractivity contribution in [1.29, 1.82) is 0 Å². The van der Waals surface area contributed by atoms with Crippen molar-refractivity contribution >= 4 is 5.97 Å². The molecule has 1 atom stereocenters. The topological polar surface area (TPSA) is 80.9 Å². The minimum atomic E-state index is -0.844. The van der Waals surface area contributed by atoms with Crippen molar-refractivity contribution in [2.45, 2.75) is 52.0 Å². The molecule has 16 heavy (non-hydrogen) atoms. The van der Waals surface area contributed by atoms with E-state index >= 15 is 0 Å². The molecule has 0 fully saturated rings. The molecule has 0 aliphatic heterocycles. The number of tetrazole rings is 1. The summed E-state index contributed by atoms with van der Waals surface area (Å²) in [5.74, 6) is -0.105. The van der Waals surface area contributed by atoms with Crippen molar-refractivity contribution in [3.05, 3.63) is 5.82 Å².